The van der Waals surface area contributed by atoms with Gasteiger partial charge in [0, 0.05) is 42.0 Å². The summed E-state index contributed by atoms with van der Waals surface area (Å²) in [6.45, 7) is 1.03. The number of nitrogens with zero attached hydrogens (tertiary/aromatic N) is 2. The van der Waals surface area contributed by atoms with E-state index in [2.05, 4.69) is 19.9 Å². The van der Waals surface area contributed by atoms with E-state index in [-0.39, 0.29) is 76.9 Å². The van der Waals surface area contributed by atoms with Crippen molar-refractivity contribution in [2.24, 2.45) is 11.7 Å². The van der Waals surface area contributed by atoms with Gasteiger partial charge in [-0.05, 0) is 33.1 Å². The van der Waals surface area contributed by atoms with Gasteiger partial charge in [-0.3, -0.25) is 44.2 Å². The van der Waals surface area contributed by atoms with Crippen LogP contribution in [0.15, 0.2) is 0 Å². The summed E-state index contributed by atoms with van der Waals surface area (Å²) in [7, 11) is 3.65. The first-order chi connectivity index (χ1) is 26.9. The van der Waals surface area contributed by atoms with Crippen LogP contribution in [0.25, 0.3) is 0 Å². The topological polar surface area (TPSA) is 343 Å². The molecule has 21 nitrogen and oxygen atoms in total. The van der Waals surface area contributed by atoms with Gasteiger partial charge in [-0.15, -0.1) is 0 Å². The molecule has 0 aliphatic carbocycles. The lowest BCUT2D eigenvalue weighted by Crippen LogP contribution is -3.00. The molecule has 0 spiro atoms. The molecule has 0 aliphatic heterocycles. The first kappa shape index (κ1) is 66.8. The summed E-state index contributed by atoms with van der Waals surface area (Å²) < 4.78 is 64.8. The van der Waals surface area contributed by atoms with E-state index in [1.165, 1.54) is 14.2 Å². The number of hydrogen-bond acceptors (Lipinski definition) is 17. The van der Waals surface area contributed by atoms with E-state index in [0.717, 1.165) is 7.11 Å². The maximum absolute atomic E-state index is 12.5. The van der Waals surface area contributed by atoms with Crippen molar-refractivity contribution >= 4 is 29.8 Å². The average molecular weight is 899 g/mol. The minimum atomic E-state index is -1.67. The molecule has 352 valence electrons. The van der Waals surface area contributed by atoms with E-state index >= 15 is 0 Å². The van der Waals surface area contributed by atoms with Crippen LogP contribution in [0, 0.1) is 26.1 Å². The molecular formula is C33H63ClF4N4O17. The first-order valence-corrected chi connectivity index (χ1v) is 17.6. The van der Waals surface area contributed by atoms with Gasteiger partial charge < -0.3 is 63.2 Å². The zero-order valence-electron chi connectivity index (χ0n) is 34.2. The molecule has 0 fully saturated rings. The van der Waals surface area contributed by atoms with Crippen LogP contribution >= 0.6 is 0 Å². The quantitative estimate of drug-likeness (QED) is 0.0194. The van der Waals surface area contributed by atoms with Gasteiger partial charge in [-0.1, -0.05) is 0 Å². The Morgan fingerprint density at radius 1 is 0.729 bits per heavy atom. The molecule has 0 aromatic carbocycles. The normalized spacial score (nSPS) is 13.1. The number of nitrogens with two attached hydrogens (primary N) is 1. The molecule has 0 aromatic heterocycles. The number of carbonyl (C=O) groups excluding carboxylic acids is 5. The number of aliphatic hydroxyl groups is 4. The van der Waals surface area contributed by atoms with Crippen molar-refractivity contribution < 1.29 is 109 Å². The van der Waals surface area contributed by atoms with Crippen molar-refractivity contribution in [3.63, 3.8) is 0 Å². The molecule has 6 unspecified atom stereocenters. The van der Waals surface area contributed by atoms with Gasteiger partial charge in [-0.2, -0.15) is 0 Å². The SMILES string of the molecule is COC(=O)CCC(C(O)CF)[N+](=O)[O-].COC(=O)CCC(CC(=O)OC(C)(C)C)C(O)CF.COC(=O)CCC[N+](=O)[O-].NC(=O)CCC([NH3+])C(O)CF.OCCF.[Cl-]. The number of alkyl halides is 4. The maximum atomic E-state index is 12.5. The smallest absolute Gasteiger partial charge is 0.306 e. The molecule has 0 bridgehead atoms. The van der Waals surface area contributed by atoms with Crippen molar-refractivity contribution in [2.45, 2.75) is 115 Å². The molecule has 9 N–H and O–H groups in total. The van der Waals surface area contributed by atoms with E-state index in [0.29, 0.717) is 6.42 Å². The van der Waals surface area contributed by atoms with Gasteiger partial charge in [0.15, 0.2) is 0 Å². The lowest BCUT2D eigenvalue weighted by Gasteiger charge is -2.23. The summed E-state index contributed by atoms with van der Waals surface area (Å²) in [5.41, 5.74) is 7.69. The Morgan fingerprint density at radius 2 is 1.15 bits per heavy atom. The Labute approximate surface area is 346 Å². The fraction of sp³-hybridized carbons (Fsp3) is 0.848. The van der Waals surface area contributed by atoms with E-state index in [1.54, 1.807) is 20.8 Å². The predicted molar refractivity (Wildman–Crippen MR) is 194 cm³/mol. The number of ether oxygens (including phenoxy) is 4. The molecule has 6 atom stereocenters. The number of rotatable bonds is 23. The number of halogens is 5. The van der Waals surface area contributed by atoms with Gasteiger partial charge in [0.25, 0.3) is 0 Å². The Morgan fingerprint density at radius 3 is 1.49 bits per heavy atom. The summed E-state index contributed by atoms with van der Waals surface area (Å²) in [4.78, 5) is 72.7. The van der Waals surface area contributed by atoms with Crippen LogP contribution in [-0.4, -0.2) is 157 Å². The zero-order valence-corrected chi connectivity index (χ0v) is 35.0. The second-order valence-corrected chi connectivity index (χ2v) is 12.7. The van der Waals surface area contributed by atoms with E-state index in [1.807, 2.05) is 0 Å². The number of carbonyl (C=O) groups is 5. The summed E-state index contributed by atoms with van der Waals surface area (Å²) in [6.07, 6.45) is -3.54. The second-order valence-electron chi connectivity index (χ2n) is 12.7. The Hall–Kier alpha value is -4.04. The summed E-state index contributed by atoms with van der Waals surface area (Å²) in [5, 5.41) is 54.8. The van der Waals surface area contributed by atoms with Crippen molar-refractivity contribution in [3.05, 3.63) is 20.2 Å². The molecule has 1 amide bonds. The van der Waals surface area contributed by atoms with E-state index in [4.69, 9.17) is 25.8 Å². The number of esters is 4. The van der Waals surface area contributed by atoms with Crippen LogP contribution in [0.5, 0.6) is 0 Å². The Balaban J connectivity index is -0.000000157. The molecule has 0 saturated heterocycles. The molecule has 0 saturated carbocycles. The van der Waals surface area contributed by atoms with E-state index < -0.39 is 108 Å². The highest BCUT2D eigenvalue weighted by molar-refractivity contribution is 5.73. The number of quaternary nitrogens is 1. The Bertz CT molecular complexity index is 1150. The third-order valence-electron chi connectivity index (χ3n) is 6.74. The van der Waals surface area contributed by atoms with Crippen LogP contribution in [0.1, 0.15) is 78.6 Å². The number of primary amides is 1. The fourth-order valence-corrected chi connectivity index (χ4v) is 3.57. The summed E-state index contributed by atoms with van der Waals surface area (Å²) >= 11 is 0. The monoisotopic (exact) mass is 898 g/mol. The Kier molecular flexibility index (Phi) is 47.6. The van der Waals surface area contributed by atoms with Crippen LogP contribution < -0.4 is 23.9 Å². The summed E-state index contributed by atoms with van der Waals surface area (Å²) in [5.74, 6) is -3.11. The largest absolute Gasteiger partial charge is 1.00 e. The lowest BCUT2D eigenvalue weighted by molar-refractivity contribution is -0.535. The van der Waals surface area contributed by atoms with Gasteiger partial charge in [0.2, 0.25) is 18.5 Å². The van der Waals surface area contributed by atoms with Crippen LogP contribution in [-0.2, 0) is 42.9 Å². The number of nitro groups is 2. The lowest BCUT2D eigenvalue weighted by atomic mass is 9.94. The van der Waals surface area contributed by atoms with Crippen LogP contribution in [0.2, 0.25) is 0 Å². The highest BCUT2D eigenvalue weighted by Crippen LogP contribution is 2.20. The van der Waals surface area contributed by atoms with Gasteiger partial charge in [0.05, 0.1) is 53.3 Å². The standard InChI is InChI=1S/C13H23FO5.C7H12FNO5.C6H13FN2O2.C5H9NO4.C2H5FO.ClH/c1-13(2,3)19-12(17)7-9(10(15)8-14)5-6-11(16)18-4;1-14-7(11)3-2-5(9(12)13)6(10)4-8;7-3-5(10)4(8)1-2-6(9)11;1-10-5(7)3-2-4-6(8)9;3-1-2-4;/h9-10,15H,5-8H2,1-4H3;5-6,10H,2-4H2,1H3;4-5,10H,1-3,8H2,(H2,9,11);2-4H2,1H3;4H,1-2H2;1H. The van der Waals surface area contributed by atoms with Crippen LogP contribution in [0.4, 0.5) is 17.6 Å². The molecular weight excluding hydrogens is 836 g/mol. The van der Waals surface area contributed by atoms with Crippen molar-refractivity contribution in [1.29, 1.82) is 0 Å². The summed E-state index contributed by atoms with van der Waals surface area (Å²) in [6, 6.07) is -1.91. The second kappa shape index (κ2) is 42.1. The number of hydrogen-bond donors (Lipinski definition) is 6. The minimum absolute atomic E-state index is 0. The fourth-order valence-electron chi connectivity index (χ4n) is 3.57. The van der Waals surface area contributed by atoms with Gasteiger partial charge in [0.1, 0.15) is 50.5 Å². The van der Waals surface area contributed by atoms with Crippen molar-refractivity contribution in [2.75, 3.05) is 61.2 Å². The number of aliphatic hydroxyl groups excluding tert-OH is 4. The molecule has 0 rings (SSSR count). The highest BCUT2D eigenvalue weighted by Gasteiger charge is 2.30. The maximum Gasteiger partial charge on any atom is 0.306 e. The van der Waals surface area contributed by atoms with Gasteiger partial charge >= 0.3 is 23.9 Å². The molecule has 26 heteroatoms. The predicted octanol–water partition coefficient (Wildman–Crippen LogP) is -3.11. The van der Waals surface area contributed by atoms with Crippen molar-refractivity contribution in [1.82, 2.24) is 0 Å². The average Bonchev–Trinajstić information content (AvgIpc) is 3.17. The van der Waals surface area contributed by atoms with Crippen LogP contribution in [0.3, 0.4) is 0 Å². The zero-order chi connectivity index (χ0) is 46.4. The number of methoxy groups -OCH3 is 3. The third-order valence-corrected chi connectivity index (χ3v) is 6.74. The molecule has 0 heterocycles. The van der Waals surface area contributed by atoms with Gasteiger partial charge in [-0.25, -0.2) is 17.6 Å². The molecule has 0 radical (unpaired) electrons. The van der Waals surface area contributed by atoms with Crippen molar-refractivity contribution in [3.8, 4) is 0 Å². The highest BCUT2D eigenvalue weighted by atomic mass is 35.5. The number of amides is 1. The molecule has 0 aromatic rings. The molecule has 0 aliphatic rings. The first-order valence-electron chi connectivity index (χ1n) is 17.6. The minimum Gasteiger partial charge on any atom is -1.00 e. The van der Waals surface area contributed by atoms with E-state index in [9.17, 15) is 66.9 Å². The third kappa shape index (κ3) is 48.2. The molecule has 59 heavy (non-hydrogen) atoms.